The third kappa shape index (κ3) is 8.73. The number of anilines is 1. The van der Waals surface area contributed by atoms with E-state index in [-0.39, 0.29) is 69.2 Å². The first-order valence-corrected chi connectivity index (χ1v) is 15.8. The fourth-order valence-electron chi connectivity index (χ4n) is 4.59. The normalized spacial score (nSPS) is 16.8. The molecular formula is C26H36N2O12S2. The number of aromatic hydroxyl groups is 1. The van der Waals surface area contributed by atoms with Crippen LogP contribution in [0.3, 0.4) is 0 Å². The van der Waals surface area contributed by atoms with Crippen LogP contribution >= 0.6 is 0 Å². The van der Waals surface area contributed by atoms with Gasteiger partial charge in [-0.05, 0) is 51.0 Å². The molecule has 0 unspecified atom stereocenters. The lowest BCUT2D eigenvalue weighted by atomic mass is 9.79. The summed E-state index contributed by atoms with van der Waals surface area (Å²) in [5.41, 5.74) is 1.46. The molecule has 14 nitrogen and oxygen atoms in total. The van der Waals surface area contributed by atoms with E-state index in [9.17, 15) is 36.6 Å². The largest absolute Gasteiger partial charge is 0.870 e. The van der Waals surface area contributed by atoms with Crippen molar-refractivity contribution in [2.45, 2.75) is 26.7 Å². The number of ketones is 2. The van der Waals surface area contributed by atoms with Gasteiger partial charge in [-0.1, -0.05) is 0 Å². The second kappa shape index (κ2) is 14.6. The van der Waals surface area contributed by atoms with Crippen LogP contribution in [0.5, 0.6) is 5.75 Å². The van der Waals surface area contributed by atoms with E-state index in [0.717, 1.165) is 0 Å². The van der Waals surface area contributed by atoms with Crippen molar-refractivity contribution in [2.75, 3.05) is 42.6 Å². The maximum Gasteiger partial charge on any atom is 0.363 e. The first-order chi connectivity index (χ1) is 18.7. The van der Waals surface area contributed by atoms with Gasteiger partial charge < -0.3 is 31.0 Å². The van der Waals surface area contributed by atoms with Gasteiger partial charge in [-0.3, -0.25) is 18.7 Å². The van der Waals surface area contributed by atoms with E-state index in [1.165, 1.54) is 24.3 Å². The number of hydrogen-bond donors (Lipinski definition) is 4. The molecule has 1 aromatic rings. The van der Waals surface area contributed by atoms with Gasteiger partial charge in [-0.2, -0.15) is 16.8 Å². The van der Waals surface area contributed by atoms with Crippen LogP contribution in [0.1, 0.15) is 32.3 Å². The van der Waals surface area contributed by atoms with Gasteiger partial charge in [0.15, 0.2) is 5.76 Å². The zero-order valence-corrected chi connectivity index (χ0v) is 24.7. The number of carbonyl (C=O) groups excluding carboxylic acids is 2. The average Bonchev–Trinajstić information content (AvgIpc) is 2.86. The van der Waals surface area contributed by atoms with E-state index in [1.807, 2.05) is 13.8 Å². The van der Waals surface area contributed by atoms with Gasteiger partial charge in [0, 0.05) is 49.2 Å². The van der Waals surface area contributed by atoms with Crippen molar-refractivity contribution in [2.24, 2.45) is 0 Å². The highest BCUT2D eigenvalue weighted by atomic mass is 32.2. The van der Waals surface area contributed by atoms with Crippen LogP contribution < -0.4 is 4.90 Å². The smallest absolute Gasteiger partial charge is 0.363 e. The minimum Gasteiger partial charge on any atom is -0.870 e. The monoisotopic (exact) mass is 632 g/mol. The summed E-state index contributed by atoms with van der Waals surface area (Å²) in [5.74, 6) is -1.92. The van der Waals surface area contributed by atoms with E-state index in [2.05, 4.69) is 0 Å². The Morgan fingerprint density at radius 2 is 1.36 bits per heavy atom. The molecule has 0 saturated heterocycles. The van der Waals surface area contributed by atoms with E-state index in [1.54, 1.807) is 21.9 Å². The summed E-state index contributed by atoms with van der Waals surface area (Å²) in [6, 6.07) is 4.57. The third-order valence-electron chi connectivity index (χ3n) is 6.60. The van der Waals surface area contributed by atoms with Crippen LogP contribution in [0.2, 0.25) is 0 Å². The zero-order chi connectivity index (χ0) is 29.8. The molecule has 0 aromatic heterocycles. The number of likely N-dealkylation sites (N-methyl/N-ethyl adjacent to an activating group) is 1. The van der Waals surface area contributed by atoms with Gasteiger partial charge >= 0.3 is 11.6 Å². The maximum atomic E-state index is 11.0. The second-order valence-electron chi connectivity index (χ2n) is 9.29. The van der Waals surface area contributed by atoms with Crippen molar-refractivity contribution in [1.82, 2.24) is 4.90 Å². The number of aliphatic hydroxyl groups is 1. The van der Waals surface area contributed by atoms with Crippen LogP contribution in [0.25, 0.3) is 5.57 Å². The molecule has 0 saturated carbocycles. The molecule has 2 aliphatic rings. The van der Waals surface area contributed by atoms with E-state index in [0.29, 0.717) is 37.6 Å². The minimum absolute atomic E-state index is 0. The number of benzene rings is 1. The predicted molar refractivity (Wildman–Crippen MR) is 157 cm³/mol. The highest BCUT2D eigenvalue weighted by Crippen LogP contribution is 2.42. The van der Waals surface area contributed by atoms with Gasteiger partial charge in [0.2, 0.25) is 0 Å². The first-order valence-electron chi connectivity index (χ1n) is 12.6. The van der Waals surface area contributed by atoms with Crippen LogP contribution in [0, 0.1) is 0 Å². The number of phenolic OH excluding ortho intramolecular Hbond substituents is 1. The molecule has 0 fully saturated rings. The highest BCUT2D eigenvalue weighted by molar-refractivity contribution is 7.86. The molecule has 2 aliphatic carbocycles. The predicted octanol–water partition coefficient (Wildman–Crippen LogP) is 1.87. The Hall–Kier alpha value is -3.54. The quantitative estimate of drug-likeness (QED) is 0.138. The number of phenols is 1. The van der Waals surface area contributed by atoms with Crippen molar-refractivity contribution in [3.8, 4) is 5.75 Å². The molecular weight excluding hydrogens is 596 g/mol. The summed E-state index contributed by atoms with van der Waals surface area (Å²) < 4.78 is 61.8. The summed E-state index contributed by atoms with van der Waals surface area (Å²) in [4.78, 5) is 25.1. The second-order valence-corrected chi connectivity index (χ2v) is 12.4. The molecule has 42 heavy (non-hydrogen) atoms. The fraction of sp³-hybridized carbons (Fsp3) is 0.385. The Morgan fingerprint density at radius 3 is 1.81 bits per heavy atom. The number of rotatable bonds is 13. The van der Waals surface area contributed by atoms with E-state index < -0.39 is 31.7 Å². The average molecular weight is 633 g/mol. The molecule has 1 aromatic carbocycles. The van der Waals surface area contributed by atoms with E-state index >= 15 is 0 Å². The highest BCUT2D eigenvalue weighted by Gasteiger charge is 2.46. The molecule has 0 heterocycles. The first kappa shape index (κ1) is 36.5. The van der Waals surface area contributed by atoms with E-state index in [4.69, 9.17) is 9.11 Å². The Bertz CT molecular complexity index is 1540. The lowest BCUT2D eigenvalue weighted by Gasteiger charge is -2.26. The molecule has 16 heteroatoms. The Morgan fingerprint density at radius 1 is 0.810 bits per heavy atom. The maximum absolute atomic E-state index is 11.0. The lowest BCUT2D eigenvalue weighted by Crippen LogP contribution is -2.29. The molecule has 0 atom stereocenters. The topological polar surface area (TPSA) is 258 Å². The Kier molecular flexibility index (Phi) is 12.7. The molecule has 234 valence electrons. The fourth-order valence-corrected chi connectivity index (χ4v) is 5.58. The molecule has 0 bridgehead atoms. The van der Waals surface area contributed by atoms with Crippen LogP contribution in [0.15, 0.2) is 59.0 Å². The van der Waals surface area contributed by atoms with Crippen molar-refractivity contribution in [1.29, 1.82) is 0 Å². The number of aliphatic hydroxyl groups excluding tert-OH is 1. The van der Waals surface area contributed by atoms with Crippen LogP contribution in [0.4, 0.5) is 5.69 Å². The molecule has 3 rings (SSSR count). The van der Waals surface area contributed by atoms with Crippen molar-refractivity contribution < 1.29 is 56.7 Å². The Labute approximate surface area is 244 Å². The molecule has 0 aliphatic heterocycles. The van der Waals surface area contributed by atoms with Crippen molar-refractivity contribution in [3.05, 3.63) is 64.6 Å². The number of nitrogens with zero attached hydrogens (tertiary/aromatic N) is 2. The standard InChI is InChI=1S/C26H32N2O10S2.2H2O/c1-3-27(11-5-13-39(33,34)35)17-7-9-19(21(29)15-17)23-25(31)24(26(23)32)20-10-8-18(16-22(20)30)28(4-2)12-6-14-40(36,37)38;;/h7-10,15-16,29,31H,3-6,11-14H2,1-2H3,(H,33,34,35)(H,36,37,38);2*1H2. The molecule has 0 spiro atoms. The number of allylic oxidation sites excluding steroid dienone is 6. The molecule has 0 amide bonds. The van der Waals surface area contributed by atoms with Crippen LogP contribution in [-0.4, -0.2) is 111 Å². The zero-order valence-electron chi connectivity index (χ0n) is 23.0. The lowest BCUT2D eigenvalue weighted by molar-refractivity contribution is 0.371. The summed E-state index contributed by atoms with van der Waals surface area (Å²) in [7, 11) is -8.17. The third-order valence-corrected chi connectivity index (χ3v) is 8.21. The molecule has 0 radical (unpaired) electrons. The van der Waals surface area contributed by atoms with Gasteiger partial charge in [0.25, 0.3) is 20.2 Å². The summed E-state index contributed by atoms with van der Waals surface area (Å²) >= 11 is 0. The number of hydrogen-bond acceptors (Lipinski definition) is 10. The van der Waals surface area contributed by atoms with Crippen molar-refractivity contribution >= 4 is 43.1 Å². The van der Waals surface area contributed by atoms with Gasteiger partial charge in [-0.25, -0.2) is 0 Å². The van der Waals surface area contributed by atoms with Gasteiger partial charge in [0.1, 0.15) is 16.9 Å². The molecule has 8 N–H and O–H groups in total. The van der Waals surface area contributed by atoms with Gasteiger partial charge in [0.05, 0.1) is 23.2 Å². The van der Waals surface area contributed by atoms with Crippen LogP contribution in [-0.2, 0) is 20.2 Å². The minimum atomic E-state index is -4.08. The van der Waals surface area contributed by atoms with Gasteiger partial charge in [-0.15, -0.1) is 0 Å². The summed E-state index contributed by atoms with van der Waals surface area (Å²) in [6.07, 6.45) is 4.92. The van der Waals surface area contributed by atoms with Crippen molar-refractivity contribution in [3.63, 3.8) is 0 Å². The summed E-state index contributed by atoms with van der Waals surface area (Å²) in [6.45, 7) is 5.30. The SMILES string of the molecule is CCN(CCCS(=O)(=O)O)C1=CC(=[OH+])C(=C2C(=[OH+])C(c3ccc(N(CC)CCCS(=O)(=O)O)cc3O)=C2O)C=C1.[OH-].[OH-]. The Balaban J connectivity index is 0.00000441. The summed E-state index contributed by atoms with van der Waals surface area (Å²) in [5, 5.41) is 21.5.